The average molecular weight is 216 g/mol. The highest BCUT2D eigenvalue weighted by atomic mass is 19.1. The Hall–Kier alpha value is -0.640. The summed E-state index contributed by atoms with van der Waals surface area (Å²) in [5.41, 5.74) is -1.07. The van der Waals surface area contributed by atoms with E-state index in [1.165, 1.54) is 0 Å². The van der Waals surface area contributed by atoms with E-state index in [4.69, 9.17) is 0 Å². The molecule has 1 amide bonds. The van der Waals surface area contributed by atoms with Crippen LogP contribution in [0.15, 0.2) is 0 Å². The number of alkyl halides is 1. The predicted octanol–water partition coefficient (Wildman–Crippen LogP) is 1.29. The SMILES string of the molecule is CN(C)C(=O)CCN1CCC[C@](C)(F)C1. The number of carbonyl (C=O) groups is 1. The van der Waals surface area contributed by atoms with E-state index in [1.807, 2.05) is 4.90 Å². The van der Waals surface area contributed by atoms with Gasteiger partial charge in [0.25, 0.3) is 0 Å². The molecule has 1 saturated heterocycles. The molecule has 0 unspecified atom stereocenters. The second-order valence-corrected chi connectivity index (χ2v) is 4.83. The van der Waals surface area contributed by atoms with Gasteiger partial charge in [-0.3, -0.25) is 9.69 Å². The molecule has 4 heteroatoms. The molecule has 0 aliphatic carbocycles. The molecule has 0 spiro atoms. The molecule has 0 aromatic heterocycles. The summed E-state index contributed by atoms with van der Waals surface area (Å²) in [6.07, 6.45) is 2.03. The highest BCUT2D eigenvalue weighted by Crippen LogP contribution is 2.24. The highest BCUT2D eigenvalue weighted by Gasteiger charge is 2.30. The van der Waals surface area contributed by atoms with E-state index in [-0.39, 0.29) is 5.91 Å². The van der Waals surface area contributed by atoms with E-state index in [0.29, 0.717) is 25.9 Å². The van der Waals surface area contributed by atoms with Gasteiger partial charge in [-0.25, -0.2) is 4.39 Å². The van der Waals surface area contributed by atoms with E-state index in [2.05, 4.69) is 0 Å². The molecule has 1 aliphatic heterocycles. The lowest BCUT2D eigenvalue weighted by atomic mass is 9.97. The van der Waals surface area contributed by atoms with Crippen molar-refractivity contribution in [2.45, 2.75) is 31.9 Å². The van der Waals surface area contributed by atoms with Gasteiger partial charge in [-0.05, 0) is 26.3 Å². The summed E-state index contributed by atoms with van der Waals surface area (Å²) in [5.74, 6) is 0.112. The molecule has 0 radical (unpaired) electrons. The van der Waals surface area contributed by atoms with E-state index >= 15 is 0 Å². The van der Waals surface area contributed by atoms with Crippen LogP contribution in [0.5, 0.6) is 0 Å². The monoisotopic (exact) mass is 216 g/mol. The Balaban J connectivity index is 2.30. The first-order valence-electron chi connectivity index (χ1n) is 5.52. The Bertz CT molecular complexity index is 229. The molecule has 15 heavy (non-hydrogen) atoms. The number of likely N-dealkylation sites (tertiary alicyclic amines) is 1. The molecule has 0 N–H and O–H groups in total. The first kappa shape index (κ1) is 12.4. The van der Waals surface area contributed by atoms with Crippen LogP contribution < -0.4 is 0 Å². The van der Waals surface area contributed by atoms with Crippen molar-refractivity contribution >= 4 is 5.91 Å². The highest BCUT2D eigenvalue weighted by molar-refractivity contribution is 5.75. The maximum absolute atomic E-state index is 13.7. The molecular weight excluding hydrogens is 195 g/mol. The largest absolute Gasteiger partial charge is 0.349 e. The molecule has 1 rings (SSSR count). The zero-order valence-corrected chi connectivity index (χ0v) is 9.92. The summed E-state index contributed by atoms with van der Waals surface area (Å²) < 4.78 is 13.7. The van der Waals surface area contributed by atoms with E-state index in [1.54, 1.807) is 25.9 Å². The molecule has 88 valence electrons. The van der Waals surface area contributed by atoms with Crippen molar-refractivity contribution in [1.29, 1.82) is 0 Å². The summed E-state index contributed by atoms with van der Waals surface area (Å²) >= 11 is 0. The van der Waals surface area contributed by atoms with Gasteiger partial charge in [-0.15, -0.1) is 0 Å². The average Bonchev–Trinajstić information content (AvgIpc) is 2.12. The second-order valence-electron chi connectivity index (χ2n) is 4.83. The first-order chi connectivity index (χ1) is 6.91. The molecule has 1 fully saturated rings. The van der Waals surface area contributed by atoms with Crippen LogP contribution in [-0.4, -0.2) is 55.1 Å². The Morgan fingerprint density at radius 2 is 2.20 bits per heavy atom. The summed E-state index contributed by atoms with van der Waals surface area (Å²) in [7, 11) is 3.50. The van der Waals surface area contributed by atoms with Gasteiger partial charge in [-0.2, -0.15) is 0 Å². The van der Waals surface area contributed by atoms with Crippen LogP contribution in [0, 0.1) is 0 Å². The molecular formula is C11H21FN2O. The lowest BCUT2D eigenvalue weighted by Gasteiger charge is -2.35. The molecule has 1 heterocycles. The molecule has 0 aromatic carbocycles. The summed E-state index contributed by atoms with van der Waals surface area (Å²) in [4.78, 5) is 15.0. The van der Waals surface area contributed by atoms with Crippen molar-refractivity contribution in [3.05, 3.63) is 0 Å². The van der Waals surface area contributed by atoms with Gasteiger partial charge in [-0.1, -0.05) is 0 Å². The Kier molecular flexibility index (Phi) is 4.08. The lowest BCUT2D eigenvalue weighted by molar-refractivity contribution is -0.129. The third-order valence-electron chi connectivity index (χ3n) is 2.87. The third-order valence-corrected chi connectivity index (χ3v) is 2.87. The van der Waals surface area contributed by atoms with E-state index < -0.39 is 5.67 Å². The molecule has 0 aromatic rings. The Morgan fingerprint density at radius 1 is 1.53 bits per heavy atom. The fourth-order valence-corrected chi connectivity index (χ4v) is 1.96. The van der Waals surface area contributed by atoms with Gasteiger partial charge in [0, 0.05) is 33.6 Å². The van der Waals surface area contributed by atoms with Gasteiger partial charge >= 0.3 is 0 Å². The molecule has 0 saturated carbocycles. The van der Waals surface area contributed by atoms with Gasteiger partial charge < -0.3 is 4.90 Å². The fourth-order valence-electron chi connectivity index (χ4n) is 1.96. The van der Waals surface area contributed by atoms with Crippen molar-refractivity contribution < 1.29 is 9.18 Å². The number of rotatable bonds is 3. The van der Waals surface area contributed by atoms with Crippen LogP contribution in [0.4, 0.5) is 4.39 Å². The number of amides is 1. The van der Waals surface area contributed by atoms with E-state index in [0.717, 1.165) is 13.0 Å². The Labute approximate surface area is 91.2 Å². The van der Waals surface area contributed by atoms with Gasteiger partial charge in [0.05, 0.1) is 0 Å². The number of nitrogens with zero attached hydrogens (tertiary/aromatic N) is 2. The number of piperidine rings is 1. The summed E-state index contributed by atoms with van der Waals surface area (Å²) in [6, 6.07) is 0. The summed E-state index contributed by atoms with van der Waals surface area (Å²) in [6.45, 7) is 3.71. The lowest BCUT2D eigenvalue weighted by Crippen LogP contribution is -2.44. The van der Waals surface area contributed by atoms with Crippen LogP contribution in [0.3, 0.4) is 0 Å². The fraction of sp³-hybridized carbons (Fsp3) is 0.909. The topological polar surface area (TPSA) is 23.6 Å². The van der Waals surface area contributed by atoms with Gasteiger partial charge in [0.1, 0.15) is 5.67 Å². The van der Waals surface area contributed by atoms with Crippen LogP contribution in [-0.2, 0) is 4.79 Å². The van der Waals surface area contributed by atoms with Crippen molar-refractivity contribution in [1.82, 2.24) is 9.80 Å². The smallest absolute Gasteiger partial charge is 0.223 e. The zero-order chi connectivity index (χ0) is 11.5. The number of hydrogen-bond donors (Lipinski definition) is 0. The van der Waals surface area contributed by atoms with Crippen molar-refractivity contribution in [3.63, 3.8) is 0 Å². The summed E-state index contributed by atoms with van der Waals surface area (Å²) in [5, 5.41) is 0. The maximum atomic E-state index is 13.7. The number of carbonyl (C=O) groups excluding carboxylic acids is 1. The van der Waals surface area contributed by atoms with Crippen LogP contribution in [0.1, 0.15) is 26.2 Å². The standard InChI is InChI=1S/C11H21FN2O/c1-11(12)6-4-7-14(9-11)8-5-10(15)13(2)3/h4-9H2,1-3H3/t11-/m0/s1. The number of hydrogen-bond acceptors (Lipinski definition) is 2. The van der Waals surface area contributed by atoms with Gasteiger partial charge in [0.15, 0.2) is 0 Å². The maximum Gasteiger partial charge on any atom is 0.223 e. The van der Waals surface area contributed by atoms with Gasteiger partial charge in [0.2, 0.25) is 5.91 Å². The Morgan fingerprint density at radius 3 is 2.73 bits per heavy atom. The predicted molar refractivity (Wildman–Crippen MR) is 58.5 cm³/mol. The minimum Gasteiger partial charge on any atom is -0.349 e. The number of halogens is 1. The van der Waals surface area contributed by atoms with E-state index in [9.17, 15) is 9.18 Å². The zero-order valence-electron chi connectivity index (χ0n) is 9.92. The minimum absolute atomic E-state index is 0.112. The second kappa shape index (κ2) is 4.92. The first-order valence-corrected chi connectivity index (χ1v) is 5.52. The molecule has 3 nitrogen and oxygen atoms in total. The minimum atomic E-state index is -1.07. The quantitative estimate of drug-likeness (QED) is 0.709. The van der Waals surface area contributed by atoms with Crippen molar-refractivity contribution in [2.24, 2.45) is 0 Å². The molecule has 1 aliphatic rings. The molecule has 0 bridgehead atoms. The van der Waals surface area contributed by atoms with Crippen LogP contribution >= 0.6 is 0 Å². The van der Waals surface area contributed by atoms with Crippen molar-refractivity contribution in [2.75, 3.05) is 33.7 Å². The van der Waals surface area contributed by atoms with Crippen molar-refractivity contribution in [3.8, 4) is 0 Å². The third kappa shape index (κ3) is 4.16. The van der Waals surface area contributed by atoms with Crippen LogP contribution in [0.2, 0.25) is 0 Å². The molecule has 1 atom stereocenters. The normalized spacial score (nSPS) is 27.7. The van der Waals surface area contributed by atoms with Crippen LogP contribution in [0.25, 0.3) is 0 Å².